The average Bonchev–Trinajstić information content (AvgIpc) is 2.67. The van der Waals surface area contributed by atoms with Crippen LogP contribution in [0.1, 0.15) is 30.9 Å². The number of hydrogen-bond donors (Lipinski definition) is 0. The van der Waals surface area contributed by atoms with Crippen molar-refractivity contribution in [2.45, 2.75) is 25.2 Å². The first-order valence-electron chi connectivity index (χ1n) is 9.07. The highest BCUT2D eigenvalue weighted by Gasteiger charge is 2.39. The van der Waals surface area contributed by atoms with Crippen LogP contribution < -0.4 is 0 Å². The van der Waals surface area contributed by atoms with E-state index in [9.17, 15) is 4.79 Å². The first-order valence-corrected chi connectivity index (χ1v) is 9.07. The lowest BCUT2D eigenvalue weighted by atomic mass is 9.76. The van der Waals surface area contributed by atoms with Gasteiger partial charge in [0.15, 0.2) is 0 Å². The summed E-state index contributed by atoms with van der Waals surface area (Å²) in [6, 6.07) is 19.8. The third-order valence-electron chi connectivity index (χ3n) is 5.28. The van der Waals surface area contributed by atoms with E-state index >= 15 is 0 Å². The van der Waals surface area contributed by atoms with Crippen molar-refractivity contribution < 1.29 is 9.53 Å². The first kappa shape index (κ1) is 20.5. The van der Waals surface area contributed by atoms with Crippen molar-refractivity contribution in [1.29, 1.82) is 0 Å². The van der Waals surface area contributed by atoms with Crippen molar-refractivity contribution >= 4 is 18.4 Å². The summed E-state index contributed by atoms with van der Waals surface area (Å²) in [6.07, 6.45) is 2.30. The van der Waals surface area contributed by atoms with Crippen LogP contribution in [0.2, 0.25) is 0 Å². The molecule has 26 heavy (non-hydrogen) atoms. The summed E-state index contributed by atoms with van der Waals surface area (Å²) >= 11 is 0. The summed E-state index contributed by atoms with van der Waals surface area (Å²) in [5.74, 6) is 0.261. The molecule has 4 heteroatoms. The first-order chi connectivity index (χ1) is 12.1. The molecule has 0 aliphatic carbocycles. The van der Waals surface area contributed by atoms with Gasteiger partial charge in [-0.05, 0) is 44.5 Å². The van der Waals surface area contributed by atoms with E-state index in [1.54, 1.807) is 0 Å². The van der Waals surface area contributed by atoms with Gasteiger partial charge >= 0.3 is 5.97 Å². The molecule has 1 fully saturated rings. The molecule has 1 atom stereocenters. The molecule has 1 saturated heterocycles. The minimum Gasteiger partial charge on any atom is -0.464 e. The fourth-order valence-electron chi connectivity index (χ4n) is 3.69. The fourth-order valence-corrected chi connectivity index (χ4v) is 3.69. The molecule has 2 aromatic carbocycles. The van der Waals surface area contributed by atoms with E-state index in [4.69, 9.17) is 4.74 Å². The highest BCUT2D eigenvalue weighted by Crippen LogP contribution is 2.33. The minimum absolute atomic E-state index is 0. The zero-order valence-electron chi connectivity index (χ0n) is 15.6. The zero-order valence-corrected chi connectivity index (χ0v) is 16.4. The second-order valence-corrected chi connectivity index (χ2v) is 7.23. The van der Waals surface area contributed by atoms with Gasteiger partial charge in [-0.15, -0.1) is 12.4 Å². The largest absolute Gasteiger partial charge is 0.464 e. The Morgan fingerprint density at radius 1 is 1.08 bits per heavy atom. The van der Waals surface area contributed by atoms with E-state index in [-0.39, 0.29) is 18.4 Å². The lowest BCUT2D eigenvalue weighted by Gasteiger charge is -2.32. The molecule has 1 aliphatic heterocycles. The fraction of sp³-hybridized carbons (Fsp3) is 0.409. The molecule has 0 bridgehead atoms. The zero-order chi connectivity index (χ0) is 17.7. The molecule has 1 heterocycles. The Morgan fingerprint density at radius 2 is 1.62 bits per heavy atom. The highest BCUT2D eigenvalue weighted by atomic mass is 35.5. The number of nitrogens with zero attached hydrogens (tertiary/aromatic N) is 1. The molecule has 0 N–H and O–H groups in total. The molecule has 3 nitrogen and oxygen atoms in total. The number of benzene rings is 2. The van der Waals surface area contributed by atoms with E-state index in [0.717, 1.165) is 30.6 Å². The van der Waals surface area contributed by atoms with Gasteiger partial charge in [0, 0.05) is 12.5 Å². The molecule has 1 aliphatic rings. The Morgan fingerprint density at radius 3 is 2.12 bits per heavy atom. The Labute approximate surface area is 162 Å². The number of hydrogen-bond acceptors (Lipinski definition) is 3. The predicted molar refractivity (Wildman–Crippen MR) is 108 cm³/mol. The van der Waals surface area contributed by atoms with Gasteiger partial charge in [0.25, 0.3) is 0 Å². The predicted octanol–water partition coefficient (Wildman–Crippen LogP) is 4.30. The van der Waals surface area contributed by atoms with Crippen LogP contribution in [0.15, 0.2) is 60.7 Å². The summed E-state index contributed by atoms with van der Waals surface area (Å²) in [4.78, 5) is 15.5. The third kappa shape index (κ3) is 4.46. The van der Waals surface area contributed by atoms with Crippen molar-refractivity contribution in [3.05, 3.63) is 71.8 Å². The van der Waals surface area contributed by atoms with Crippen LogP contribution in [0.5, 0.6) is 0 Å². The van der Waals surface area contributed by atoms with Crippen molar-refractivity contribution in [3.63, 3.8) is 0 Å². The van der Waals surface area contributed by atoms with Crippen LogP contribution in [0.3, 0.4) is 0 Å². The Hall–Kier alpha value is -1.84. The van der Waals surface area contributed by atoms with Crippen LogP contribution in [0, 0.1) is 5.92 Å². The van der Waals surface area contributed by atoms with E-state index in [1.165, 1.54) is 6.42 Å². The summed E-state index contributed by atoms with van der Waals surface area (Å²) in [5.41, 5.74) is 1.14. The van der Waals surface area contributed by atoms with Gasteiger partial charge in [-0.1, -0.05) is 60.7 Å². The molecule has 0 spiro atoms. The number of rotatable bonds is 5. The van der Waals surface area contributed by atoms with Crippen molar-refractivity contribution in [3.8, 4) is 0 Å². The highest BCUT2D eigenvalue weighted by molar-refractivity contribution is 5.87. The molecule has 1 unspecified atom stereocenters. The Kier molecular flexibility index (Phi) is 7.24. The molecular formula is C22H28ClNO2. The van der Waals surface area contributed by atoms with Crippen molar-refractivity contribution in [2.75, 3.05) is 26.7 Å². The second-order valence-electron chi connectivity index (χ2n) is 7.23. The van der Waals surface area contributed by atoms with Gasteiger partial charge in [0.1, 0.15) is 5.41 Å². The molecule has 0 aromatic heterocycles. The van der Waals surface area contributed by atoms with E-state index < -0.39 is 5.41 Å². The summed E-state index contributed by atoms with van der Waals surface area (Å²) in [7, 11) is 2.13. The number of esters is 1. The van der Waals surface area contributed by atoms with E-state index in [0.29, 0.717) is 12.5 Å². The van der Waals surface area contributed by atoms with Gasteiger partial charge < -0.3 is 9.64 Å². The van der Waals surface area contributed by atoms with Gasteiger partial charge in [-0.25, -0.2) is 0 Å². The van der Waals surface area contributed by atoms with Crippen LogP contribution in [0.25, 0.3) is 0 Å². The molecular weight excluding hydrogens is 346 g/mol. The quantitative estimate of drug-likeness (QED) is 0.732. The SMILES string of the molecule is CN1CCCC(COC(=O)C(C)(c2ccccc2)c2ccccc2)C1.Cl. The number of halogens is 1. The van der Waals surface area contributed by atoms with E-state index in [1.807, 2.05) is 67.6 Å². The van der Waals surface area contributed by atoms with Gasteiger partial charge in [-0.2, -0.15) is 0 Å². The third-order valence-corrected chi connectivity index (χ3v) is 5.28. The summed E-state index contributed by atoms with van der Waals surface area (Å²) < 4.78 is 5.84. The average molecular weight is 374 g/mol. The minimum atomic E-state index is -0.789. The molecule has 0 saturated carbocycles. The molecule has 2 aromatic rings. The molecule has 0 amide bonds. The molecule has 0 radical (unpaired) electrons. The monoisotopic (exact) mass is 373 g/mol. The molecule has 140 valence electrons. The van der Waals surface area contributed by atoms with Crippen LogP contribution >= 0.6 is 12.4 Å². The van der Waals surface area contributed by atoms with E-state index in [2.05, 4.69) is 11.9 Å². The lowest BCUT2D eigenvalue weighted by Crippen LogP contribution is -2.39. The van der Waals surface area contributed by atoms with Crippen molar-refractivity contribution in [1.82, 2.24) is 4.90 Å². The maximum Gasteiger partial charge on any atom is 0.320 e. The van der Waals surface area contributed by atoms with Crippen LogP contribution in [0.4, 0.5) is 0 Å². The number of ether oxygens (including phenoxy) is 1. The summed E-state index contributed by atoms with van der Waals surface area (Å²) in [6.45, 7) is 4.60. The van der Waals surface area contributed by atoms with Gasteiger partial charge in [0.05, 0.1) is 6.61 Å². The standard InChI is InChI=1S/C22H27NO2.ClH/c1-22(19-11-5-3-6-12-19,20-13-7-4-8-14-20)21(24)25-17-18-10-9-15-23(2)16-18;/h3-8,11-14,18H,9-10,15-17H2,1-2H3;1H. The normalized spacial score (nSPS) is 18.0. The van der Waals surface area contributed by atoms with Gasteiger partial charge in [-0.3, -0.25) is 4.79 Å². The lowest BCUT2D eigenvalue weighted by molar-refractivity contribution is -0.150. The number of likely N-dealkylation sites (tertiary alicyclic amines) is 1. The Bertz CT molecular complexity index is 650. The Balaban J connectivity index is 0.00000243. The maximum atomic E-state index is 13.2. The molecule has 3 rings (SSSR count). The summed E-state index contributed by atoms with van der Waals surface area (Å²) in [5, 5.41) is 0. The van der Waals surface area contributed by atoms with Gasteiger partial charge in [0.2, 0.25) is 0 Å². The smallest absolute Gasteiger partial charge is 0.320 e. The maximum absolute atomic E-state index is 13.2. The van der Waals surface area contributed by atoms with Crippen LogP contribution in [-0.4, -0.2) is 37.6 Å². The number of carbonyl (C=O) groups excluding carboxylic acids is 1. The number of carbonyl (C=O) groups is 1. The number of piperidine rings is 1. The topological polar surface area (TPSA) is 29.5 Å². The second kappa shape index (κ2) is 9.20. The van der Waals surface area contributed by atoms with Crippen LogP contribution in [-0.2, 0) is 14.9 Å². The van der Waals surface area contributed by atoms with Crippen molar-refractivity contribution in [2.24, 2.45) is 5.92 Å².